The number of aromatic nitrogens is 3. The van der Waals surface area contributed by atoms with E-state index in [2.05, 4.69) is 20.5 Å². The molecule has 2 aromatic rings. The molecule has 132 valence electrons. The first-order valence-electron chi connectivity index (χ1n) is 8.56. The van der Waals surface area contributed by atoms with Crippen LogP contribution in [-0.2, 0) is 17.8 Å². The fraction of sp³-hybridized carbons (Fsp3) is 0.471. The van der Waals surface area contributed by atoms with Crippen molar-refractivity contribution in [3.8, 4) is 5.75 Å². The molecule has 0 aliphatic carbocycles. The van der Waals surface area contributed by atoms with Crippen LogP contribution in [0.5, 0.6) is 5.75 Å². The van der Waals surface area contributed by atoms with E-state index in [4.69, 9.17) is 9.47 Å². The number of carbonyl (C=O) groups is 1. The number of urea groups is 1. The number of nitrogens with zero attached hydrogens (tertiary/aromatic N) is 3. The maximum atomic E-state index is 12.5. The number of amides is 2. The van der Waals surface area contributed by atoms with E-state index in [0.717, 1.165) is 30.8 Å². The normalized spacial score (nSPS) is 19.8. The van der Waals surface area contributed by atoms with Crippen molar-refractivity contribution in [2.24, 2.45) is 0 Å². The van der Waals surface area contributed by atoms with Crippen LogP contribution in [0.3, 0.4) is 0 Å². The lowest BCUT2D eigenvalue weighted by atomic mass is 10.2. The number of benzene rings is 1. The van der Waals surface area contributed by atoms with Crippen molar-refractivity contribution in [2.75, 3.05) is 19.8 Å². The molecule has 0 bridgehead atoms. The highest BCUT2D eigenvalue weighted by molar-refractivity contribution is 5.74. The summed E-state index contributed by atoms with van der Waals surface area (Å²) in [5.41, 5.74) is 1.01. The molecule has 1 aromatic heterocycles. The van der Waals surface area contributed by atoms with Gasteiger partial charge in [-0.25, -0.2) is 9.78 Å². The average molecular weight is 343 g/mol. The lowest BCUT2D eigenvalue weighted by molar-refractivity contribution is 0.105. The highest BCUT2D eigenvalue weighted by Crippen LogP contribution is 2.25. The second kappa shape index (κ2) is 7.10. The van der Waals surface area contributed by atoms with E-state index in [1.165, 1.54) is 0 Å². The fourth-order valence-electron chi connectivity index (χ4n) is 3.08. The molecule has 25 heavy (non-hydrogen) atoms. The molecule has 1 unspecified atom stereocenters. The molecule has 2 aliphatic heterocycles. The predicted octanol–water partition coefficient (Wildman–Crippen LogP) is 1.76. The molecule has 0 spiro atoms. The molecule has 8 heteroatoms. The third-order valence-corrected chi connectivity index (χ3v) is 4.41. The summed E-state index contributed by atoms with van der Waals surface area (Å²) in [7, 11) is 0. The molecular formula is C17H21N5O3. The molecule has 0 saturated carbocycles. The Morgan fingerprint density at radius 3 is 3.16 bits per heavy atom. The zero-order chi connectivity index (χ0) is 17.1. The smallest absolute Gasteiger partial charge is 0.318 e. The summed E-state index contributed by atoms with van der Waals surface area (Å²) in [6.45, 7) is 2.61. The number of carbonyl (C=O) groups excluding carboxylic acids is 1. The highest BCUT2D eigenvalue weighted by Gasteiger charge is 2.23. The lowest BCUT2D eigenvalue weighted by Gasteiger charge is -2.20. The van der Waals surface area contributed by atoms with Crippen molar-refractivity contribution in [3.63, 3.8) is 0 Å². The summed E-state index contributed by atoms with van der Waals surface area (Å²) < 4.78 is 11.3. The van der Waals surface area contributed by atoms with Gasteiger partial charge in [0.1, 0.15) is 24.3 Å². The number of para-hydroxylation sites is 1. The second-order valence-corrected chi connectivity index (χ2v) is 6.18. The summed E-state index contributed by atoms with van der Waals surface area (Å²) >= 11 is 0. The van der Waals surface area contributed by atoms with Crippen LogP contribution in [0.1, 0.15) is 36.2 Å². The average Bonchev–Trinajstić information content (AvgIpc) is 3.27. The van der Waals surface area contributed by atoms with Crippen LogP contribution in [0.25, 0.3) is 0 Å². The quantitative estimate of drug-likeness (QED) is 0.886. The molecule has 1 fully saturated rings. The Bertz CT molecular complexity index is 741. The minimum absolute atomic E-state index is 0.0278. The summed E-state index contributed by atoms with van der Waals surface area (Å²) in [4.78, 5) is 18.6. The van der Waals surface area contributed by atoms with E-state index < -0.39 is 0 Å². The van der Waals surface area contributed by atoms with Gasteiger partial charge in [0.15, 0.2) is 5.82 Å². The maximum Gasteiger partial charge on any atom is 0.318 e. The molecule has 2 amide bonds. The van der Waals surface area contributed by atoms with Gasteiger partial charge < -0.3 is 19.7 Å². The molecular weight excluding hydrogens is 322 g/mol. The molecule has 4 rings (SSSR count). The molecule has 3 heterocycles. The van der Waals surface area contributed by atoms with Crippen LogP contribution in [0, 0.1) is 0 Å². The molecule has 1 aromatic carbocycles. The van der Waals surface area contributed by atoms with Crippen molar-refractivity contribution >= 4 is 6.03 Å². The van der Waals surface area contributed by atoms with Crippen LogP contribution in [0.15, 0.2) is 24.3 Å². The van der Waals surface area contributed by atoms with Gasteiger partial charge >= 0.3 is 6.03 Å². The van der Waals surface area contributed by atoms with Crippen molar-refractivity contribution in [3.05, 3.63) is 41.5 Å². The molecule has 1 atom stereocenters. The van der Waals surface area contributed by atoms with E-state index >= 15 is 0 Å². The van der Waals surface area contributed by atoms with Gasteiger partial charge in [-0.3, -0.25) is 5.10 Å². The highest BCUT2D eigenvalue weighted by atomic mass is 16.5. The van der Waals surface area contributed by atoms with Gasteiger partial charge in [-0.2, -0.15) is 5.10 Å². The van der Waals surface area contributed by atoms with Crippen LogP contribution >= 0.6 is 0 Å². The summed E-state index contributed by atoms with van der Waals surface area (Å²) in [5.74, 6) is 2.14. The fourth-order valence-corrected chi connectivity index (χ4v) is 3.08. The van der Waals surface area contributed by atoms with Crippen molar-refractivity contribution < 1.29 is 14.3 Å². The molecule has 2 N–H and O–H groups in total. The number of nitrogens with one attached hydrogen (secondary N) is 2. The Kier molecular flexibility index (Phi) is 4.51. The summed E-state index contributed by atoms with van der Waals surface area (Å²) in [5, 5.41) is 9.95. The van der Waals surface area contributed by atoms with Gasteiger partial charge in [-0.15, -0.1) is 0 Å². The van der Waals surface area contributed by atoms with Gasteiger partial charge in [-0.05, 0) is 18.9 Å². The number of rotatable bonds is 3. The molecule has 2 aliphatic rings. The second-order valence-electron chi connectivity index (χ2n) is 6.18. The van der Waals surface area contributed by atoms with E-state index in [1.807, 2.05) is 24.3 Å². The first-order valence-corrected chi connectivity index (χ1v) is 8.56. The Morgan fingerprint density at radius 2 is 2.28 bits per heavy atom. The Balaban J connectivity index is 1.34. The Hall–Kier alpha value is -2.61. The van der Waals surface area contributed by atoms with Gasteiger partial charge in [0.2, 0.25) is 0 Å². The Labute approximate surface area is 145 Å². The molecule has 8 nitrogen and oxygen atoms in total. The third kappa shape index (κ3) is 3.58. The number of H-pyrrole nitrogens is 1. The largest absolute Gasteiger partial charge is 0.491 e. The zero-order valence-electron chi connectivity index (χ0n) is 13.9. The molecule has 0 radical (unpaired) electrons. The summed E-state index contributed by atoms with van der Waals surface area (Å²) in [6.07, 6.45) is 1.95. The summed E-state index contributed by atoms with van der Waals surface area (Å²) in [6, 6.07) is 7.65. The number of aromatic amines is 1. The van der Waals surface area contributed by atoms with Crippen molar-refractivity contribution in [2.45, 2.75) is 32.0 Å². The van der Waals surface area contributed by atoms with E-state index in [9.17, 15) is 4.79 Å². The first kappa shape index (κ1) is 15.9. The minimum Gasteiger partial charge on any atom is -0.491 e. The number of fused-ring (bicyclic) bond motifs is 1. The lowest BCUT2D eigenvalue weighted by Crippen LogP contribution is -2.40. The first-order chi connectivity index (χ1) is 12.3. The monoisotopic (exact) mass is 343 g/mol. The Morgan fingerprint density at radius 1 is 1.36 bits per heavy atom. The standard InChI is InChI=1S/C17H21N5O3/c23-17(22-7-9-25-13-5-2-1-4-12(13)11-22)18-10-15-19-16(21-20-15)14-6-3-8-24-14/h1-2,4-5,14H,3,6-11H2,(H,18,23)(H,19,20,21). The predicted molar refractivity (Wildman–Crippen MR) is 88.9 cm³/mol. The van der Waals surface area contributed by atoms with E-state index in [1.54, 1.807) is 4.90 Å². The van der Waals surface area contributed by atoms with Crippen LogP contribution in [0.4, 0.5) is 4.79 Å². The number of ether oxygens (including phenoxy) is 2. The number of hydrogen-bond acceptors (Lipinski definition) is 5. The topological polar surface area (TPSA) is 92.4 Å². The minimum atomic E-state index is -0.143. The number of hydrogen-bond donors (Lipinski definition) is 2. The van der Waals surface area contributed by atoms with Crippen molar-refractivity contribution in [1.82, 2.24) is 25.4 Å². The van der Waals surface area contributed by atoms with Gasteiger partial charge in [-0.1, -0.05) is 18.2 Å². The van der Waals surface area contributed by atoms with Gasteiger partial charge in [0, 0.05) is 12.2 Å². The van der Waals surface area contributed by atoms with Crippen LogP contribution in [0.2, 0.25) is 0 Å². The third-order valence-electron chi connectivity index (χ3n) is 4.41. The zero-order valence-corrected chi connectivity index (χ0v) is 13.9. The van der Waals surface area contributed by atoms with Crippen LogP contribution in [-0.4, -0.2) is 45.9 Å². The maximum absolute atomic E-state index is 12.5. The van der Waals surface area contributed by atoms with Gasteiger partial charge in [0.25, 0.3) is 0 Å². The van der Waals surface area contributed by atoms with Gasteiger partial charge in [0.05, 0.1) is 19.6 Å². The van der Waals surface area contributed by atoms with E-state index in [-0.39, 0.29) is 12.1 Å². The molecule has 1 saturated heterocycles. The van der Waals surface area contributed by atoms with Crippen LogP contribution < -0.4 is 10.1 Å². The van der Waals surface area contributed by atoms with E-state index in [0.29, 0.717) is 37.9 Å². The SMILES string of the molecule is O=C(NCc1nc(C2CCCO2)n[nH]1)N1CCOc2ccccc2C1. The van der Waals surface area contributed by atoms with Crippen molar-refractivity contribution in [1.29, 1.82) is 0 Å².